The van der Waals surface area contributed by atoms with Crippen molar-refractivity contribution in [3.05, 3.63) is 40.1 Å². The number of hydrogen-bond acceptors (Lipinski definition) is 5. The van der Waals surface area contributed by atoms with Gasteiger partial charge in [-0.25, -0.2) is 0 Å². The number of aromatic hydroxyl groups is 3. The van der Waals surface area contributed by atoms with E-state index in [9.17, 15) is 20.1 Å². The summed E-state index contributed by atoms with van der Waals surface area (Å²) in [6.07, 6.45) is 0. The molecule has 0 saturated carbocycles. The van der Waals surface area contributed by atoms with Crippen LogP contribution in [-0.4, -0.2) is 15.3 Å². The lowest BCUT2D eigenvalue weighted by Crippen LogP contribution is -2.03. The summed E-state index contributed by atoms with van der Waals surface area (Å²) < 4.78 is 5.48. The lowest BCUT2D eigenvalue weighted by Gasteiger charge is -2.07. The Labute approximate surface area is 107 Å². The summed E-state index contributed by atoms with van der Waals surface area (Å²) in [6, 6.07) is 5.28. The summed E-state index contributed by atoms with van der Waals surface area (Å²) in [4.78, 5) is 12.3. The zero-order valence-electron chi connectivity index (χ0n) is 9.97. The van der Waals surface area contributed by atoms with Gasteiger partial charge in [0.05, 0.1) is 5.39 Å². The molecule has 1 aromatic heterocycles. The lowest BCUT2D eigenvalue weighted by atomic mass is 10.1. The molecule has 96 valence electrons. The summed E-state index contributed by atoms with van der Waals surface area (Å²) in [5.41, 5.74) is 0.0524. The first kappa shape index (κ1) is 11.4. The molecule has 0 spiro atoms. The predicted molar refractivity (Wildman–Crippen MR) is 69.7 cm³/mol. The van der Waals surface area contributed by atoms with Crippen LogP contribution >= 0.6 is 0 Å². The maximum Gasteiger partial charge on any atom is 0.204 e. The molecule has 19 heavy (non-hydrogen) atoms. The molecule has 3 N–H and O–H groups in total. The molecular formula is C14H10O5. The summed E-state index contributed by atoms with van der Waals surface area (Å²) in [5, 5.41) is 29.3. The molecule has 0 unspecified atom stereocenters. The monoisotopic (exact) mass is 258 g/mol. The van der Waals surface area contributed by atoms with Gasteiger partial charge in [0.1, 0.15) is 22.5 Å². The average Bonchev–Trinajstić information content (AvgIpc) is 2.39. The third kappa shape index (κ3) is 1.45. The van der Waals surface area contributed by atoms with Crippen LogP contribution < -0.4 is 5.43 Å². The van der Waals surface area contributed by atoms with Gasteiger partial charge in [-0.15, -0.1) is 0 Å². The standard InChI is InChI=1S/C14H10O5/c1-6-8(15)3-2-7-12(18)11-9(16)4-5-10(17)14(11)19-13(6)7/h2-5,15-17H,1H3. The Hall–Kier alpha value is -2.69. The van der Waals surface area contributed by atoms with E-state index in [4.69, 9.17) is 4.42 Å². The maximum absolute atomic E-state index is 12.3. The minimum absolute atomic E-state index is 0.00496. The molecule has 3 aromatic rings. The Bertz CT molecular complexity index is 876. The van der Waals surface area contributed by atoms with E-state index in [0.29, 0.717) is 5.56 Å². The van der Waals surface area contributed by atoms with Crippen LogP contribution in [0.1, 0.15) is 5.56 Å². The van der Waals surface area contributed by atoms with Gasteiger partial charge in [-0.2, -0.15) is 0 Å². The van der Waals surface area contributed by atoms with Crippen LogP contribution in [0.4, 0.5) is 0 Å². The van der Waals surface area contributed by atoms with Crippen molar-refractivity contribution >= 4 is 21.9 Å². The normalized spacial score (nSPS) is 11.2. The predicted octanol–water partition coefficient (Wildman–Crippen LogP) is 2.37. The Morgan fingerprint density at radius 2 is 1.53 bits per heavy atom. The number of benzene rings is 2. The molecule has 0 aliphatic heterocycles. The van der Waals surface area contributed by atoms with Crippen molar-refractivity contribution in [1.82, 2.24) is 0 Å². The Morgan fingerprint density at radius 3 is 2.26 bits per heavy atom. The molecule has 0 radical (unpaired) electrons. The van der Waals surface area contributed by atoms with Gasteiger partial charge < -0.3 is 19.7 Å². The van der Waals surface area contributed by atoms with Crippen LogP contribution in [0.5, 0.6) is 17.2 Å². The van der Waals surface area contributed by atoms with E-state index < -0.39 is 5.43 Å². The van der Waals surface area contributed by atoms with E-state index in [0.717, 1.165) is 0 Å². The van der Waals surface area contributed by atoms with Crippen LogP contribution in [-0.2, 0) is 0 Å². The van der Waals surface area contributed by atoms with Gasteiger partial charge in [0.25, 0.3) is 0 Å². The van der Waals surface area contributed by atoms with Crippen molar-refractivity contribution in [3.8, 4) is 17.2 Å². The highest BCUT2D eigenvalue weighted by atomic mass is 16.4. The second-order valence-corrected chi connectivity index (χ2v) is 4.33. The number of fused-ring (bicyclic) bond motifs is 2. The van der Waals surface area contributed by atoms with Gasteiger partial charge in [-0.05, 0) is 31.2 Å². The second-order valence-electron chi connectivity index (χ2n) is 4.33. The van der Waals surface area contributed by atoms with E-state index >= 15 is 0 Å². The molecule has 3 rings (SSSR count). The van der Waals surface area contributed by atoms with Crippen molar-refractivity contribution < 1.29 is 19.7 Å². The fraction of sp³-hybridized carbons (Fsp3) is 0.0714. The quantitative estimate of drug-likeness (QED) is 0.425. The van der Waals surface area contributed by atoms with Crippen LogP contribution in [0.15, 0.2) is 33.5 Å². The fourth-order valence-electron chi connectivity index (χ4n) is 2.11. The molecule has 0 aliphatic carbocycles. The first-order valence-electron chi connectivity index (χ1n) is 5.60. The first-order chi connectivity index (χ1) is 9.00. The van der Waals surface area contributed by atoms with Crippen molar-refractivity contribution in [2.45, 2.75) is 6.92 Å². The third-order valence-electron chi connectivity index (χ3n) is 3.17. The highest BCUT2D eigenvalue weighted by Gasteiger charge is 2.16. The van der Waals surface area contributed by atoms with Gasteiger partial charge in [0, 0.05) is 5.56 Å². The molecule has 5 heteroatoms. The molecule has 0 aliphatic rings. The van der Waals surface area contributed by atoms with E-state index in [2.05, 4.69) is 0 Å². The Balaban J connectivity index is 2.68. The second kappa shape index (κ2) is 3.65. The Kier molecular flexibility index (Phi) is 2.19. The van der Waals surface area contributed by atoms with Gasteiger partial charge >= 0.3 is 0 Å². The number of rotatable bonds is 0. The van der Waals surface area contributed by atoms with E-state index in [1.807, 2.05) is 0 Å². The molecule has 1 heterocycles. The fourth-order valence-corrected chi connectivity index (χ4v) is 2.11. The Morgan fingerprint density at radius 1 is 0.895 bits per heavy atom. The van der Waals surface area contributed by atoms with E-state index in [1.165, 1.54) is 24.3 Å². The zero-order chi connectivity index (χ0) is 13.7. The summed E-state index contributed by atoms with van der Waals surface area (Å²) in [6.45, 7) is 1.60. The number of phenolic OH excluding ortho intramolecular Hbond substituents is 3. The average molecular weight is 258 g/mol. The highest BCUT2D eigenvalue weighted by molar-refractivity contribution is 5.96. The topological polar surface area (TPSA) is 90.9 Å². The van der Waals surface area contributed by atoms with Gasteiger partial charge in [-0.1, -0.05) is 0 Å². The molecule has 2 aromatic carbocycles. The minimum atomic E-state index is -0.451. The minimum Gasteiger partial charge on any atom is -0.508 e. The highest BCUT2D eigenvalue weighted by Crippen LogP contribution is 2.34. The lowest BCUT2D eigenvalue weighted by molar-refractivity contribution is 0.456. The zero-order valence-corrected chi connectivity index (χ0v) is 9.97. The first-order valence-corrected chi connectivity index (χ1v) is 5.60. The summed E-state index contributed by atoms with van der Waals surface area (Å²) >= 11 is 0. The summed E-state index contributed by atoms with van der Waals surface area (Å²) in [7, 11) is 0. The SMILES string of the molecule is Cc1c(O)ccc2c(=O)c3c(O)ccc(O)c3oc12. The van der Waals surface area contributed by atoms with Gasteiger partial charge in [0.15, 0.2) is 11.3 Å². The largest absolute Gasteiger partial charge is 0.508 e. The van der Waals surface area contributed by atoms with Crippen molar-refractivity contribution in [2.24, 2.45) is 0 Å². The molecule has 0 saturated heterocycles. The molecule has 0 atom stereocenters. The van der Waals surface area contributed by atoms with Crippen LogP contribution in [0.2, 0.25) is 0 Å². The molecule has 0 bridgehead atoms. The third-order valence-corrected chi connectivity index (χ3v) is 3.17. The van der Waals surface area contributed by atoms with Crippen molar-refractivity contribution in [2.75, 3.05) is 0 Å². The van der Waals surface area contributed by atoms with Gasteiger partial charge in [0.2, 0.25) is 5.43 Å². The number of hydrogen-bond donors (Lipinski definition) is 3. The smallest absolute Gasteiger partial charge is 0.204 e. The molecule has 0 amide bonds. The number of aryl methyl sites for hydroxylation is 1. The van der Waals surface area contributed by atoms with Crippen molar-refractivity contribution in [3.63, 3.8) is 0 Å². The van der Waals surface area contributed by atoms with Crippen LogP contribution in [0.25, 0.3) is 21.9 Å². The molecule has 5 nitrogen and oxygen atoms in total. The molecular weight excluding hydrogens is 248 g/mol. The maximum atomic E-state index is 12.3. The van der Waals surface area contributed by atoms with Crippen molar-refractivity contribution in [1.29, 1.82) is 0 Å². The van der Waals surface area contributed by atoms with Crippen LogP contribution in [0.3, 0.4) is 0 Å². The van der Waals surface area contributed by atoms with E-state index in [-0.39, 0.29) is 39.2 Å². The van der Waals surface area contributed by atoms with Gasteiger partial charge in [-0.3, -0.25) is 4.79 Å². The van der Waals surface area contributed by atoms with E-state index in [1.54, 1.807) is 6.92 Å². The number of phenols is 3. The van der Waals surface area contributed by atoms with Crippen LogP contribution in [0, 0.1) is 6.92 Å². The summed E-state index contributed by atoms with van der Waals surface area (Å²) in [5.74, 6) is -0.502. The molecule has 0 fully saturated rings.